The quantitative estimate of drug-likeness (QED) is 0.773. The third-order valence-electron chi connectivity index (χ3n) is 2.69. The van der Waals surface area contributed by atoms with Crippen LogP contribution in [0.2, 0.25) is 0 Å². The highest BCUT2D eigenvalue weighted by atomic mass is 16.4. The van der Waals surface area contributed by atoms with E-state index in [0.717, 1.165) is 19.4 Å². The fourth-order valence-electron chi connectivity index (χ4n) is 1.52. The van der Waals surface area contributed by atoms with E-state index in [9.17, 15) is 9.59 Å². The Morgan fingerprint density at radius 3 is 2.84 bits per heavy atom. The molecule has 7 nitrogen and oxygen atoms in total. The van der Waals surface area contributed by atoms with Gasteiger partial charge < -0.3 is 19.9 Å². The third-order valence-corrected chi connectivity index (χ3v) is 2.69. The zero-order chi connectivity index (χ0) is 14.3. The summed E-state index contributed by atoms with van der Waals surface area (Å²) in [5.41, 5.74) is 0.00592. The normalized spacial score (nSPS) is 10.2. The van der Waals surface area contributed by atoms with E-state index < -0.39 is 5.97 Å². The Bertz CT molecular complexity index is 430. The summed E-state index contributed by atoms with van der Waals surface area (Å²) in [6.07, 6.45) is 4.91. The lowest BCUT2D eigenvalue weighted by Gasteiger charge is -2.17. The van der Waals surface area contributed by atoms with Crippen molar-refractivity contribution in [2.75, 3.05) is 20.1 Å². The molecule has 106 valence electrons. The average Bonchev–Trinajstić information content (AvgIpc) is 2.84. The van der Waals surface area contributed by atoms with Crippen LogP contribution in [-0.4, -0.2) is 51.7 Å². The van der Waals surface area contributed by atoms with Crippen LogP contribution < -0.4 is 5.32 Å². The first-order valence-corrected chi connectivity index (χ1v) is 6.28. The van der Waals surface area contributed by atoms with Crippen LogP contribution in [0, 0.1) is 0 Å². The molecule has 1 rings (SSSR count). The van der Waals surface area contributed by atoms with Crippen LogP contribution in [0.25, 0.3) is 0 Å². The first-order valence-electron chi connectivity index (χ1n) is 6.28. The molecule has 2 amide bonds. The molecule has 1 aromatic heterocycles. The fourth-order valence-corrected chi connectivity index (χ4v) is 1.52. The van der Waals surface area contributed by atoms with Crippen molar-refractivity contribution in [2.24, 2.45) is 0 Å². The van der Waals surface area contributed by atoms with Gasteiger partial charge in [-0.25, -0.2) is 14.6 Å². The van der Waals surface area contributed by atoms with Gasteiger partial charge in [0, 0.05) is 32.9 Å². The number of hydrogen-bond donors (Lipinski definition) is 2. The van der Waals surface area contributed by atoms with Crippen LogP contribution in [-0.2, 0) is 6.54 Å². The molecule has 0 aliphatic carbocycles. The zero-order valence-electron chi connectivity index (χ0n) is 11.3. The fraction of sp³-hybridized carbons (Fsp3) is 0.583. The van der Waals surface area contributed by atoms with Crippen LogP contribution in [0.1, 0.15) is 30.3 Å². The maximum atomic E-state index is 11.6. The lowest BCUT2D eigenvalue weighted by atomic mass is 10.3. The number of hydrogen-bond acceptors (Lipinski definition) is 3. The van der Waals surface area contributed by atoms with E-state index in [4.69, 9.17) is 5.11 Å². The molecule has 0 unspecified atom stereocenters. The van der Waals surface area contributed by atoms with Gasteiger partial charge in [0.25, 0.3) is 0 Å². The highest BCUT2D eigenvalue weighted by molar-refractivity contribution is 5.84. The summed E-state index contributed by atoms with van der Waals surface area (Å²) < 4.78 is 1.63. The van der Waals surface area contributed by atoms with Gasteiger partial charge in [-0.3, -0.25) is 0 Å². The molecule has 1 aromatic rings. The number of urea groups is 1. The van der Waals surface area contributed by atoms with E-state index in [1.165, 1.54) is 12.5 Å². The number of rotatable bonds is 7. The SMILES string of the molecule is CCCCN(C)C(=O)NCCn1cnc(C(=O)O)c1. The van der Waals surface area contributed by atoms with Gasteiger partial charge in [0.2, 0.25) is 0 Å². The third kappa shape index (κ3) is 4.99. The maximum absolute atomic E-state index is 11.6. The molecule has 2 N–H and O–H groups in total. The molecular formula is C12H20N4O3. The van der Waals surface area contributed by atoms with Crippen molar-refractivity contribution in [2.45, 2.75) is 26.3 Å². The van der Waals surface area contributed by atoms with Crippen molar-refractivity contribution in [3.8, 4) is 0 Å². The predicted octanol–water partition coefficient (Wildman–Crippen LogP) is 1.02. The predicted molar refractivity (Wildman–Crippen MR) is 70.1 cm³/mol. The number of carbonyl (C=O) groups is 2. The van der Waals surface area contributed by atoms with Crippen LogP contribution >= 0.6 is 0 Å². The van der Waals surface area contributed by atoms with Crippen molar-refractivity contribution in [3.05, 3.63) is 18.2 Å². The Morgan fingerprint density at radius 1 is 1.53 bits per heavy atom. The molecule has 0 aliphatic heterocycles. The summed E-state index contributed by atoms with van der Waals surface area (Å²) in [7, 11) is 1.75. The first kappa shape index (κ1) is 15.0. The topological polar surface area (TPSA) is 87.5 Å². The van der Waals surface area contributed by atoms with E-state index in [1.807, 2.05) is 0 Å². The minimum atomic E-state index is -1.05. The summed E-state index contributed by atoms with van der Waals surface area (Å²) in [4.78, 5) is 27.7. The van der Waals surface area contributed by atoms with E-state index in [-0.39, 0.29) is 11.7 Å². The number of aromatic carboxylic acids is 1. The second kappa shape index (κ2) is 7.40. The number of nitrogens with zero attached hydrogens (tertiary/aromatic N) is 3. The Hall–Kier alpha value is -2.05. The molecule has 0 spiro atoms. The molecule has 19 heavy (non-hydrogen) atoms. The van der Waals surface area contributed by atoms with Gasteiger partial charge in [-0.15, -0.1) is 0 Å². The van der Waals surface area contributed by atoms with Crippen molar-refractivity contribution in [1.29, 1.82) is 0 Å². The first-order chi connectivity index (χ1) is 9.04. The molecule has 0 radical (unpaired) electrons. The number of nitrogens with one attached hydrogen (secondary N) is 1. The van der Waals surface area contributed by atoms with E-state index in [2.05, 4.69) is 17.2 Å². The molecule has 0 aromatic carbocycles. The number of amides is 2. The van der Waals surface area contributed by atoms with E-state index in [1.54, 1.807) is 16.5 Å². The van der Waals surface area contributed by atoms with Crippen LogP contribution in [0.5, 0.6) is 0 Å². The largest absolute Gasteiger partial charge is 0.476 e. The standard InChI is InChI=1S/C12H20N4O3/c1-3-4-6-15(2)12(19)13-5-7-16-8-10(11(17)18)14-9-16/h8-9H,3-7H2,1-2H3,(H,13,19)(H,17,18). The zero-order valence-corrected chi connectivity index (χ0v) is 11.3. The summed E-state index contributed by atoms with van der Waals surface area (Å²) in [6, 6.07) is -0.118. The number of carbonyl (C=O) groups excluding carboxylic acids is 1. The Kier molecular flexibility index (Phi) is 5.84. The molecule has 0 aliphatic rings. The maximum Gasteiger partial charge on any atom is 0.356 e. The van der Waals surface area contributed by atoms with Crippen molar-refractivity contribution in [1.82, 2.24) is 19.8 Å². The number of aromatic nitrogens is 2. The smallest absolute Gasteiger partial charge is 0.356 e. The number of imidazole rings is 1. The summed E-state index contributed by atoms with van der Waals surface area (Å²) in [5.74, 6) is -1.05. The van der Waals surface area contributed by atoms with Crippen LogP contribution in [0.3, 0.4) is 0 Å². The average molecular weight is 268 g/mol. The van der Waals surface area contributed by atoms with Gasteiger partial charge in [-0.1, -0.05) is 13.3 Å². The summed E-state index contributed by atoms with van der Waals surface area (Å²) in [6.45, 7) is 3.74. The van der Waals surface area contributed by atoms with Gasteiger partial charge in [0.15, 0.2) is 5.69 Å². The molecule has 0 saturated carbocycles. The van der Waals surface area contributed by atoms with Crippen molar-refractivity contribution >= 4 is 12.0 Å². The Morgan fingerprint density at radius 2 is 2.26 bits per heavy atom. The van der Waals surface area contributed by atoms with Gasteiger partial charge >= 0.3 is 12.0 Å². The molecule has 0 fully saturated rings. The second-order valence-corrected chi connectivity index (χ2v) is 4.31. The molecule has 0 saturated heterocycles. The number of carboxylic acid groups (broad SMARTS) is 1. The number of carboxylic acids is 1. The lowest BCUT2D eigenvalue weighted by Crippen LogP contribution is -2.39. The van der Waals surface area contributed by atoms with Gasteiger partial charge in [0.1, 0.15) is 0 Å². The second-order valence-electron chi connectivity index (χ2n) is 4.31. The van der Waals surface area contributed by atoms with Crippen LogP contribution in [0.4, 0.5) is 4.79 Å². The molecule has 1 heterocycles. The monoisotopic (exact) mass is 268 g/mol. The summed E-state index contributed by atoms with van der Waals surface area (Å²) >= 11 is 0. The number of unbranched alkanes of at least 4 members (excludes halogenated alkanes) is 1. The van der Waals surface area contributed by atoms with E-state index in [0.29, 0.717) is 13.1 Å². The molecular weight excluding hydrogens is 248 g/mol. The van der Waals surface area contributed by atoms with Crippen molar-refractivity contribution < 1.29 is 14.7 Å². The molecule has 0 atom stereocenters. The Labute approximate surface area is 112 Å². The van der Waals surface area contributed by atoms with Crippen LogP contribution in [0.15, 0.2) is 12.5 Å². The highest BCUT2D eigenvalue weighted by Crippen LogP contribution is 1.96. The minimum absolute atomic E-state index is 0.00592. The van der Waals surface area contributed by atoms with Gasteiger partial charge in [-0.2, -0.15) is 0 Å². The van der Waals surface area contributed by atoms with Gasteiger partial charge in [0.05, 0.1) is 6.33 Å². The molecule has 0 bridgehead atoms. The van der Waals surface area contributed by atoms with E-state index >= 15 is 0 Å². The minimum Gasteiger partial charge on any atom is -0.476 e. The summed E-state index contributed by atoms with van der Waals surface area (Å²) in [5, 5.41) is 11.5. The van der Waals surface area contributed by atoms with Gasteiger partial charge in [-0.05, 0) is 6.42 Å². The Balaban J connectivity index is 2.29. The van der Waals surface area contributed by atoms with Crippen molar-refractivity contribution in [3.63, 3.8) is 0 Å². The lowest BCUT2D eigenvalue weighted by molar-refractivity contribution is 0.0691. The highest BCUT2D eigenvalue weighted by Gasteiger charge is 2.08. The molecule has 7 heteroatoms.